The van der Waals surface area contributed by atoms with Gasteiger partial charge in [0, 0.05) is 23.3 Å². The maximum absolute atomic E-state index is 10.7. The highest BCUT2D eigenvalue weighted by molar-refractivity contribution is 8.75. The second-order valence-electron chi connectivity index (χ2n) is 3.62. The zero-order chi connectivity index (χ0) is 10.1. The van der Waals surface area contributed by atoms with E-state index in [0.29, 0.717) is 0 Å². The second-order valence-corrected chi connectivity index (χ2v) is 6.03. The van der Waals surface area contributed by atoms with Gasteiger partial charge in [-0.25, -0.2) is 0 Å². The molecule has 82 valence electrons. The smallest absolute Gasteiger partial charge is 0.220 e. The molecule has 0 bridgehead atoms. The molecule has 1 amide bonds. The van der Waals surface area contributed by atoms with Gasteiger partial charge < -0.3 is 0 Å². The van der Waals surface area contributed by atoms with Crippen molar-refractivity contribution in [3.63, 3.8) is 0 Å². The molecule has 1 aliphatic rings. The molecule has 1 fully saturated rings. The first kappa shape index (κ1) is 12.2. The average Bonchev–Trinajstić information content (AvgIpc) is 2.19. The third-order valence-electron chi connectivity index (χ3n) is 2.37. The molecule has 0 aromatic rings. The van der Waals surface area contributed by atoms with Gasteiger partial charge in [-0.2, -0.15) is 0 Å². The highest BCUT2D eigenvalue weighted by Crippen LogP contribution is 2.27. The van der Waals surface area contributed by atoms with Crippen LogP contribution in [0.2, 0.25) is 0 Å². The quantitative estimate of drug-likeness (QED) is 0.393. The summed E-state index contributed by atoms with van der Waals surface area (Å²) in [6, 6.07) is 0. The summed E-state index contributed by atoms with van der Waals surface area (Å²) in [6.45, 7) is 0.918. The molecule has 0 saturated carbocycles. The van der Waals surface area contributed by atoms with Gasteiger partial charge in [0.05, 0.1) is 0 Å². The van der Waals surface area contributed by atoms with Crippen molar-refractivity contribution in [3.8, 4) is 0 Å². The van der Waals surface area contributed by atoms with E-state index in [2.05, 4.69) is 0 Å². The molecule has 4 heteroatoms. The summed E-state index contributed by atoms with van der Waals surface area (Å²) in [4.78, 5) is 10.7. The second kappa shape index (κ2) is 8.48. The molecular weight excluding hydrogens is 214 g/mol. The van der Waals surface area contributed by atoms with E-state index in [4.69, 9.17) is 0 Å². The number of rotatable bonds is 1. The maximum atomic E-state index is 10.7. The van der Waals surface area contributed by atoms with E-state index in [1.165, 1.54) is 44.3 Å². The van der Waals surface area contributed by atoms with Crippen LogP contribution in [-0.2, 0) is 4.79 Å². The first-order valence-corrected chi connectivity index (χ1v) is 7.72. The van der Waals surface area contributed by atoms with Gasteiger partial charge in [-0.05, 0) is 12.8 Å². The fraction of sp³-hybridized carbons (Fsp3) is 0.900. The molecule has 0 aromatic heterocycles. The molecule has 0 spiro atoms. The Morgan fingerprint density at radius 3 is 2.29 bits per heavy atom. The van der Waals surface area contributed by atoms with Crippen LogP contribution in [0.15, 0.2) is 0 Å². The molecule has 1 saturated heterocycles. The summed E-state index contributed by atoms with van der Waals surface area (Å²) in [6.07, 6.45) is 10.1. The van der Waals surface area contributed by atoms with E-state index in [9.17, 15) is 4.79 Å². The van der Waals surface area contributed by atoms with Crippen LogP contribution in [0.3, 0.4) is 0 Å². The highest BCUT2D eigenvalue weighted by Gasteiger charge is 2.03. The summed E-state index contributed by atoms with van der Waals surface area (Å²) in [5.74, 6) is 1.18. The fourth-order valence-corrected chi connectivity index (χ4v) is 3.61. The van der Waals surface area contributed by atoms with Crippen LogP contribution in [0.5, 0.6) is 0 Å². The first-order chi connectivity index (χ1) is 6.93. The van der Waals surface area contributed by atoms with E-state index in [0.717, 1.165) is 19.4 Å². The van der Waals surface area contributed by atoms with Crippen molar-refractivity contribution < 1.29 is 4.79 Å². The molecule has 1 aliphatic heterocycles. The van der Waals surface area contributed by atoms with Gasteiger partial charge in [0.2, 0.25) is 6.41 Å². The maximum Gasteiger partial charge on any atom is 0.220 e. The van der Waals surface area contributed by atoms with Crippen LogP contribution in [0.4, 0.5) is 0 Å². The van der Waals surface area contributed by atoms with Gasteiger partial charge in [0.25, 0.3) is 0 Å². The SMILES string of the molecule is O=CN1CCCCCCCCCSS1. The minimum atomic E-state index is 0.918. The van der Waals surface area contributed by atoms with Crippen molar-refractivity contribution >= 4 is 28.2 Å². The number of nitrogens with zero attached hydrogens (tertiary/aromatic N) is 1. The topological polar surface area (TPSA) is 20.3 Å². The molecule has 0 aliphatic carbocycles. The summed E-state index contributed by atoms with van der Waals surface area (Å²) in [5.41, 5.74) is 0. The normalized spacial score (nSPS) is 22.1. The predicted molar refractivity (Wildman–Crippen MR) is 65.1 cm³/mol. The zero-order valence-electron chi connectivity index (χ0n) is 8.61. The van der Waals surface area contributed by atoms with Crippen LogP contribution in [0.25, 0.3) is 0 Å². The lowest BCUT2D eigenvalue weighted by atomic mass is 10.1. The van der Waals surface area contributed by atoms with Gasteiger partial charge >= 0.3 is 0 Å². The molecule has 2 nitrogen and oxygen atoms in total. The summed E-state index contributed by atoms with van der Waals surface area (Å²) >= 11 is 0. The van der Waals surface area contributed by atoms with E-state index in [1.807, 2.05) is 15.1 Å². The minimum absolute atomic E-state index is 0.918. The van der Waals surface area contributed by atoms with Gasteiger partial charge in [-0.15, -0.1) is 0 Å². The third-order valence-corrected chi connectivity index (χ3v) is 4.78. The Hall–Kier alpha value is 0.170. The lowest BCUT2D eigenvalue weighted by Gasteiger charge is -2.15. The van der Waals surface area contributed by atoms with E-state index >= 15 is 0 Å². The van der Waals surface area contributed by atoms with Crippen molar-refractivity contribution in [3.05, 3.63) is 0 Å². The Labute approximate surface area is 94.7 Å². The van der Waals surface area contributed by atoms with Gasteiger partial charge in [0.1, 0.15) is 0 Å². The molecule has 0 unspecified atom stereocenters. The molecule has 14 heavy (non-hydrogen) atoms. The van der Waals surface area contributed by atoms with Gasteiger partial charge in [-0.3, -0.25) is 9.10 Å². The first-order valence-electron chi connectivity index (χ1n) is 5.45. The Morgan fingerprint density at radius 2 is 1.57 bits per heavy atom. The number of hydrogen-bond acceptors (Lipinski definition) is 3. The van der Waals surface area contributed by atoms with Crippen LogP contribution in [-0.4, -0.2) is 23.0 Å². The number of carbonyl (C=O) groups is 1. The monoisotopic (exact) mass is 233 g/mol. The summed E-state index contributed by atoms with van der Waals surface area (Å²) in [5, 5.41) is 0. The molecule has 0 radical (unpaired) electrons. The lowest BCUT2D eigenvalue weighted by Crippen LogP contribution is -2.13. The molecule has 1 heterocycles. The molecular formula is C10H19NOS2. The van der Waals surface area contributed by atoms with Gasteiger partial charge in [0.15, 0.2) is 0 Å². The molecule has 0 atom stereocenters. The van der Waals surface area contributed by atoms with Crippen LogP contribution in [0, 0.1) is 0 Å². The van der Waals surface area contributed by atoms with E-state index in [1.54, 1.807) is 11.0 Å². The van der Waals surface area contributed by atoms with Crippen molar-refractivity contribution in [1.82, 2.24) is 4.31 Å². The summed E-state index contributed by atoms with van der Waals surface area (Å²) in [7, 11) is 3.43. The molecule has 0 N–H and O–H groups in total. The minimum Gasteiger partial charge on any atom is -0.280 e. The predicted octanol–water partition coefficient (Wildman–Crippen LogP) is 3.49. The largest absolute Gasteiger partial charge is 0.280 e. The fourth-order valence-electron chi connectivity index (χ4n) is 1.53. The average molecular weight is 233 g/mol. The standard InChI is InChI=1S/C10H19NOS2/c12-10-11-8-6-4-2-1-3-5-7-9-13-14-11/h10H,1-9H2. The van der Waals surface area contributed by atoms with Crippen molar-refractivity contribution in [2.75, 3.05) is 12.3 Å². The zero-order valence-corrected chi connectivity index (χ0v) is 10.2. The van der Waals surface area contributed by atoms with Crippen LogP contribution < -0.4 is 0 Å². The third kappa shape index (κ3) is 5.81. The Balaban J connectivity index is 2.20. The van der Waals surface area contributed by atoms with Crippen LogP contribution >= 0.6 is 21.8 Å². The van der Waals surface area contributed by atoms with Gasteiger partial charge in [-0.1, -0.05) is 42.9 Å². The van der Waals surface area contributed by atoms with Crippen molar-refractivity contribution in [2.24, 2.45) is 0 Å². The van der Waals surface area contributed by atoms with E-state index < -0.39 is 0 Å². The number of hydrogen-bond donors (Lipinski definition) is 0. The Bertz CT molecular complexity index is 143. The lowest BCUT2D eigenvalue weighted by molar-refractivity contribution is -0.113. The number of amides is 1. The Kier molecular flexibility index (Phi) is 7.41. The van der Waals surface area contributed by atoms with E-state index in [-0.39, 0.29) is 0 Å². The molecule has 0 aromatic carbocycles. The highest BCUT2D eigenvalue weighted by atomic mass is 33.1. The molecule has 1 rings (SSSR count). The summed E-state index contributed by atoms with van der Waals surface area (Å²) < 4.78 is 1.83. The van der Waals surface area contributed by atoms with Crippen molar-refractivity contribution in [1.29, 1.82) is 0 Å². The van der Waals surface area contributed by atoms with Crippen molar-refractivity contribution in [2.45, 2.75) is 44.9 Å². The number of carbonyl (C=O) groups excluding carboxylic acids is 1. The Morgan fingerprint density at radius 1 is 0.929 bits per heavy atom. The van der Waals surface area contributed by atoms with Crippen LogP contribution in [0.1, 0.15) is 44.9 Å².